The standard InChI is InChI=1S/C12H22N2O/c1-3-10(4-2)11(15)14-8-12(9-14)5-6-13-7-12/h10,13H,3-9H2,1-2H3. The zero-order chi connectivity index (χ0) is 10.9. The van der Waals surface area contributed by atoms with Crippen LogP contribution in [0, 0.1) is 11.3 Å². The van der Waals surface area contributed by atoms with E-state index in [0.717, 1.165) is 39.0 Å². The van der Waals surface area contributed by atoms with Gasteiger partial charge in [0.1, 0.15) is 0 Å². The van der Waals surface area contributed by atoms with Crippen LogP contribution in [0.1, 0.15) is 33.1 Å². The predicted molar refractivity (Wildman–Crippen MR) is 60.6 cm³/mol. The van der Waals surface area contributed by atoms with Gasteiger partial charge >= 0.3 is 0 Å². The molecule has 1 N–H and O–H groups in total. The van der Waals surface area contributed by atoms with Gasteiger partial charge in [-0.2, -0.15) is 0 Å². The molecule has 2 saturated heterocycles. The van der Waals surface area contributed by atoms with Crippen LogP contribution >= 0.6 is 0 Å². The number of rotatable bonds is 3. The molecule has 2 aliphatic rings. The molecule has 86 valence electrons. The fourth-order valence-electron chi connectivity index (χ4n) is 2.88. The summed E-state index contributed by atoms with van der Waals surface area (Å²) >= 11 is 0. The van der Waals surface area contributed by atoms with Gasteiger partial charge in [0.25, 0.3) is 0 Å². The lowest BCUT2D eigenvalue weighted by Crippen LogP contribution is -2.60. The fourth-order valence-corrected chi connectivity index (χ4v) is 2.88. The van der Waals surface area contributed by atoms with Gasteiger partial charge in [0.05, 0.1) is 0 Å². The summed E-state index contributed by atoms with van der Waals surface area (Å²) in [5.41, 5.74) is 0.446. The Morgan fingerprint density at radius 2 is 2.07 bits per heavy atom. The Bertz CT molecular complexity index is 234. The first-order valence-electron chi connectivity index (χ1n) is 6.20. The highest BCUT2D eigenvalue weighted by molar-refractivity contribution is 5.79. The quantitative estimate of drug-likeness (QED) is 0.760. The molecule has 0 aromatic heterocycles. The molecule has 0 saturated carbocycles. The molecule has 0 atom stereocenters. The number of hydrogen-bond donors (Lipinski definition) is 1. The van der Waals surface area contributed by atoms with Crippen molar-refractivity contribution >= 4 is 5.91 Å². The van der Waals surface area contributed by atoms with E-state index in [1.807, 2.05) is 0 Å². The smallest absolute Gasteiger partial charge is 0.225 e. The number of amides is 1. The number of carbonyl (C=O) groups is 1. The van der Waals surface area contributed by atoms with E-state index in [-0.39, 0.29) is 5.92 Å². The maximum atomic E-state index is 12.0. The average molecular weight is 210 g/mol. The molecule has 0 radical (unpaired) electrons. The second-order valence-electron chi connectivity index (χ2n) is 5.13. The molecule has 0 unspecified atom stereocenters. The van der Waals surface area contributed by atoms with Crippen molar-refractivity contribution in [1.82, 2.24) is 10.2 Å². The highest BCUT2D eigenvalue weighted by atomic mass is 16.2. The summed E-state index contributed by atoms with van der Waals surface area (Å²) in [4.78, 5) is 14.1. The second-order valence-corrected chi connectivity index (χ2v) is 5.13. The van der Waals surface area contributed by atoms with E-state index >= 15 is 0 Å². The number of carbonyl (C=O) groups excluding carboxylic acids is 1. The molecule has 15 heavy (non-hydrogen) atoms. The van der Waals surface area contributed by atoms with Crippen molar-refractivity contribution < 1.29 is 4.79 Å². The lowest BCUT2D eigenvalue weighted by Gasteiger charge is -2.48. The van der Waals surface area contributed by atoms with Gasteiger partial charge in [0, 0.05) is 31.0 Å². The highest BCUT2D eigenvalue weighted by Crippen LogP contribution is 2.37. The van der Waals surface area contributed by atoms with Crippen LogP contribution in [-0.4, -0.2) is 37.0 Å². The maximum Gasteiger partial charge on any atom is 0.225 e. The molecule has 3 heteroatoms. The molecule has 2 rings (SSSR count). The lowest BCUT2D eigenvalue weighted by molar-refractivity contribution is -0.147. The lowest BCUT2D eigenvalue weighted by atomic mass is 9.78. The van der Waals surface area contributed by atoms with E-state index < -0.39 is 0 Å². The maximum absolute atomic E-state index is 12.0. The Morgan fingerprint density at radius 1 is 1.40 bits per heavy atom. The van der Waals surface area contributed by atoms with Gasteiger partial charge in [-0.25, -0.2) is 0 Å². The van der Waals surface area contributed by atoms with Crippen LogP contribution in [-0.2, 0) is 4.79 Å². The minimum Gasteiger partial charge on any atom is -0.341 e. The Hall–Kier alpha value is -0.570. The second kappa shape index (κ2) is 4.12. The molecule has 2 aliphatic heterocycles. The van der Waals surface area contributed by atoms with E-state index in [1.54, 1.807) is 0 Å². The summed E-state index contributed by atoms with van der Waals surface area (Å²) in [5.74, 6) is 0.647. The third-order valence-electron chi connectivity index (χ3n) is 4.03. The van der Waals surface area contributed by atoms with Gasteiger partial charge in [0.2, 0.25) is 5.91 Å². The van der Waals surface area contributed by atoms with E-state index in [4.69, 9.17) is 0 Å². The molecule has 0 aromatic carbocycles. The minimum atomic E-state index is 0.261. The predicted octanol–water partition coefficient (Wildman–Crippen LogP) is 1.24. The van der Waals surface area contributed by atoms with Gasteiger partial charge in [-0.15, -0.1) is 0 Å². The molecule has 2 fully saturated rings. The largest absolute Gasteiger partial charge is 0.341 e. The Morgan fingerprint density at radius 3 is 2.53 bits per heavy atom. The van der Waals surface area contributed by atoms with Crippen LogP contribution in [0.3, 0.4) is 0 Å². The zero-order valence-corrected chi connectivity index (χ0v) is 9.88. The SMILES string of the molecule is CCC(CC)C(=O)N1CC2(CCNC2)C1. The van der Waals surface area contributed by atoms with Crippen LogP contribution in [0.25, 0.3) is 0 Å². The number of nitrogens with one attached hydrogen (secondary N) is 1. The van der Waals surface area contributed by atoms with Gasteiger partial charge in [0.15, 0.2) is 0 Å². The third kappa shape index (κ3) is 1.89. The summed E-state index contributed by atoms with van der Waals surface area (Å²) in [7, 11) is 0. The summed E-state index contributed by atoms with van der Waals surface area (Å²) in [6.07, 6.45) is 3.22. The van der Waals surface area contributed by atoms with E-state index in [0.29, 0.717) is 11.3 Å². The topological polar surface area (TPSA) is 32.3 Å². The van der Waals surface area contributed by atoms with Crippen molar-refractivity contribution in [2.45, 2.75) is 33.1 Å². The molecule has 1 spiro atoms. The summed E-state index contributed by atoms with van der Waals surface area (Å²) in [6.45, 7) is 8.45. The van der Waals surface area contributed by atoms with E-state index in [1.165, 1.54) is 6.42 Å². The normalized spacial score (nSPS) is 23.5. The Balaban J connectivity index is 1.85. The van der Waals surface area contributed by atoms with Gasteiger partial charge < -0.3 is 10.2 Å². The van der Waals surface area contributed by atoms with Gasteiger partial charge in [-0.05, 0) is 25.8 Å². The molecule has 0 aliphatic carbocycles. The molecule has 0 aromatic rings. The number of likely N-dealkylation sites (tertiary alicyclic amines) is 1. The average Bonchev–Trinajstić information content (AvgIpc) is 2.65. The van der Waals surface area contributed by atoms with E-state index in [2.05, 4.69) is 24.1 Å². The van der Waals surface area contributed by atoms with Crippen molar-refractivity contribution in [1.29, 1.82) is 0 Å². The van der Waals surface area contributed by atoms with Crippen molar-refractivity contribution in [2.75, 3.05) is 26.2 Å². The van der Waals surface area contributed by atoms with Gasteiger partial charge in [-0.1, -0.05) is 13.8 Å². The number of hydrogen-bond acceptors (Lipinski definition) is 2. The molecule has 3 nitrogen and oxygen atoms in total. The molecule has 2 heterocycles. The molecular formula is C12H22N2O. The zero-order valence-electron chi connectivity index (χ0n) is 9.88. The third-order valence-corrected chi connectivity index (χ3v) is 4.03. The Labute approximate surface area is 92.2 Å². The van der Waals surface area contributed by atoms with Crippen molar-refractivity contribution in [3.63, 3.8) is 0 Å². The van der Waals surface area contributed by atoms with E-state index in [9.17, 15) is 4.79 Å². The summed E-state index contributed by atoms with van der Waals surface area (Å²) in [5, 5.41) is 3.39. The van der Waals surface area contributed by atoms with Crippen LogP contribution < -0.4 is 5.32 Å². The van der Waals surface area contributed by atoms with Crippen molar-refractivity contribution in [3.05, 3.63) is 0 Å². The molecule has 1 amide bonds. The first kappa shape index (κ1) is 10.9. The number of nitrogens with zero attached hydrogens (tertiary/aromatic N) is 1. The Kier molecular flexibility index (Phi) is 3.01. The van der Waals surface area contributed by atoms with Crippen LogP contribution in [0.15, 0.2) is 0 Å². The van der Waals surface area contributed by atoms with Crippen LogP contribution in [0.2, 0.25) is 0 Å². The van der Waals surface area contributed by atoms with Crippen LogP contribution in [0.5, 0.6) is 0 Å². The highest BCUT2D eigenvalue weighted by Gasteiger charge is 2.47. The monoisotopic (exact) mass is 210 g/mol. The van der Waals surface area contributed by atoms with Gasteiger partial charge in [-0.3, -0.25) is 4.79 Å². The minimum absolute atomic E-state index is 0.261. The first-order valence-corrected chi connectivity index (χ1v) is 6.20. The fraction of sp³-hybridized carbons (Fsp3) is 0.917. The summed E-state index contributed by atoms with van der Waals surface area (Å²) in [6, 6.07) is 0. The molecular weight excluding hydrogens is 188 g/mol. The summed E-state index contributed by atoms with van der Waals surface area (Å²) < 4.78 is 0. The molecule has 0 bridgehead atoms. The van der Waals surface area contributed by atoms with Crippen LogP contribution in [0.4, 0.5) is 0 Å². The van der Waals surface area contributed by atoms with Crippen molar-refractivity contribution in [3.8, 4) is 0 Å². The first-order chi connectivity index (χ1) is 7.21. The van der Waals surface area contributed by atoms with Crippen molar-refractivity contribution in [2.24, 2.45) is 11.3 Å².